The van der Waals surface area contributed by atoms with Crippen molar-refractivity contribution in [3.63, 3.8) is 0 Å². The number of aryl methyl sites for hydroxylation is 1. The van der Waals surface area contributed by atoms with Crippen molar-refractivity contribution in [2.24, 2.45) is 7.05 Å². The van der Waals surface area contributed by atoms with Gasteiger partial charge in [0.2, 0.25) is 5.67 Å². The highest BCUT2D eigenvalue weighted by molar-refractivity contribution is 6.35. The number of aromatic nitrogens is 2. The van der Waals surface area contributed by atoms with E-state index in [1.54, 1.807) is 72.3 Å². The molecule has 0 radical (unpaired) electrons. The highest BCUT2D eigenvalue weighted by Crippen LogP contribution is 2.38. The van der Waals surface area contributed by atoms with Crippen molar-refractivity contribution in [3.05, 3.63) is 106 Å². The Labute approximate surface area is 206 Å². The third-order valence-corrected chi connectivity index (χ3v) is 5.84. The minimum atomic E-state index is -2.07. The quantitative estimate of drug-likeness (QED) is 0.312. The van der Waals surface area contributed by atoms with E-state index in [2.05, 4.69) is 11.1 Å². The Bertz CT molecular complexity index is 1420. The van der Waals surface area contributed by atoms with E-state index in [-0.39, 0.29) is 6.61 Å². The molecule has 0 saturated heterocycles. The van der Waals surface area contributed by atoms with Crippen LogP contribution in [0.15, 0.2) is 73.2 Å². The van der Waals surface area contributed by atoms with Gasteiger partial charge in [0.05, 0.1) is 41.5 Å². The summed E-state index contributed by atoms with van der Waals surface area (Å²) in [5, 5.41) is 19.3. The molecule has 4 aromatic rings. The predicted molar refractivity (Wildman–Crippen MR) is 128 cm³/mol. The van der Waals surface area contributed by atoms with Crippen molar-refractivity contribution in [2.45, 2.75) is 5.67 Å². The first-order valence-electron chi connectivity index (χ1n) is 10.1. The second-order valence-electron chi connectivity index (χ2n) is 7.65. The molecule has 1 atom stereocenters. The number of nitriles is 2. The van der Waals surface area contributed by atoms with E-state index in [0.29, 0.717) is 49.3 Å². The molecule has 0 spiro atoms. The summed E-state index contributed by atoms with van der Waals surface area (Å²) >= 11 is 12.4. The Balaban J connectivity index is 1.77. The molecular weight excluding hydrogens is 474 g/mol. The van der Waals surface area contributed by atoms with Gasteiger partial charge in [0, 0.05) is 22.7 Å². The van der Waals surface area contributed by atoms with E-state index in [0.717, 1.165) is 0 Å². The molecule has 34 heavy (non-hydrogen) atoms. The molecule has 1 aromatic heterocycles. The molecule has 168 valence electrons. The normalized spacial score (nSPS) is 12.4. The average Bonchev–Trinajstić information content (AvgIpc) is 3.28. The first-order valence-corrected chi connectivity index (χ1v) is 10.9. The number of rotatable bonds is 6. The molecule has 0 bridgehead atoms. The van der Waals surface area contributed by atoms with Crippen molar-refractivity contribution in [3.8, 4) is 29.0 Å². The molecule has 0 N–H and O–H groups in total. The van der Waals surface area contributed by atoms with Crippen LogP contribution >= 0.6 is 23.2 Å². The second-order valence-corrected chi connectivity index (χ2v) is 8.52. The lowest BCUT2D eigenvalue weighted by atomic mass is 9.92. The number of hydrogen-bond acceptors (Lipinski definition) is 4. The molecule has 3 aromatic carbocycles. The van der Waals surface area contributed by atoms with Crippen LogP contribution < -0.4 is 4.74 Å². The molecule has 0 aliphatic heterocycles. The molecule has 0 aliphatic rings. The molecule has 0 fully saturated rings. The maximum Gasteiger partial charge on any atom is 0.210 e. The fourth-order valence-electron chi connectivity index (χ4n) is 3.69. The monoisotopic (exact) mass is 490 g/mol. The zero-order valence-electron chi connectivity index (χ0n) is 18.0. The Morgan fingerprint density at radius 3 is 2.21 bits per heavy atom. The molecule has 1 unspecified atom stereocenters. The molecule has 0 saturated carbocycles. The van der Waals surface area contributed by atoms with Crippen LogP contribution in [0.4, 0.5) is 4.39 Å². The lowest BCUT2D eigenvalue weighted by Crippen LogP contribution is -2.32. The molecule has 8 heteroatoms. The summed E-state index contributed by atoms with van der Waals surface area (Å²) in [6.45, 7) is -0.383. The van der Waals surface area contributed by atoms with Crippen LogP contribution in [-0.2, 0) is 12.7 Å². The van der Waals surface area contributed by atoms with Gasteiger partial charge in [-0.25, -0.2) is 9.37 Å². The zero-order chi connectivity index (χ0) is 24.3. The summed E-state index contributed by atoms with van der Waals surface area (Å²) in [6, 6.07) is 20.2. The maximum absolute atomic E-state index is 16.7. The van der Waals surface area contributed by atoms with Gasteiger partial charge in [0.15, 0.2) is 0 Å². The van der Waals surface area contributed by atoms with E-state index in [4.69, 9.17) is 33.2 Å². The van der Waals surface area contributed by atoms with Gasteiger partial charge in [-0.15, -0.1) is 0 Å². The number of imidazole rings is 1. The summed E-state index contributed by atoms with van der Waals surface area (Å²) in [7, 11) is 1.70. The summed E-state index contributed by atoms with van der Waals surface area (Å²) in [6.07, 6.45) is 2.95. The minimum absolute atomic E-state index is 0.290. The van der Waals surface area contributed by atoms with Gasteiger partial charge < -0.3 is 9.30 Å². The van der Waals surface area contributed by atoms with Crippen LogP contribution in [0.1, 0.15) is 22.4 Å². The van der Waals surface area contributed by atoms with Gasteiger partial charge in [-0.3, -0.25) is 0 Å². The Morgan fingerprint density at radius 1 is 0.971 bits per heavy atom. The van der Waals surface area contributed by atoms with E-state index >= 15 is 4.39 Å². The molecule has 0 aliphatic carbocycles. The van der Waals surface area contributed by atoms with Gasteiger partial charge in [-0.05, 0) is 59.7 Å². The number of nitrogens with zero attached hydrogens (tertiary/aromatic N) is 4. The molecule has 5 nitrogen and oxygen atoms in total. The second kappa shape index (κ2) is 9.57. The fraction of sp³-hybridized carbons (Fsp3) is 0.115. The smallest absolute Gasteiger partial charge is 0.210 e. The number of halogens is 3. The van der Waals surface area contributed by atoms with E-state index in [9.17, 15) is 5.26 Å². The van der Waals surface area contributed by atoms with Crippen molar-refractivity contribution >= 4 is 23.2 Å². The SMILES string of the molecule is Cn1cncc1C(F)(COc1ccc(C#N)cc1-c1cc(Cl)cc(Cl)c1)c1ccc(C#N)cc1. The summed E-state index contributed by atoms with van der Waals surface area (Å²) < 4.78 is 24.3. The molecule has 0 amide bonds. The third-order valence-electron chi connectivity index (χ3n) is 5.40. The van der Waals surface area contributed by atoms with Crippen LogP contribution in [0.25, 0.3) is 11.1 Å². The standard InChI is InChI=1S/C26H17Cl2FN4O/c1-33-16-32-14-25(33)26(29,20-5-2-17(12-30)3-6-20)15-34-24-7-4-18(13-31)8-23(24)19-9-21(27)11-22(28)10-19/h2-11,14,16H,15H2,1H3. The summed E-state index contributed by atoms with van der Waals surface area (Å²) in [5.41, 5.74) is 0.543. The Morgan fingerprint density at radius 2 is 1.62 bits per heavy atom. The van der Waals surface area contributed by atoms with Crippen molar-refractivity contribution in [1.82, 2.24) is 9.55 Å². The Kier molecular flexibility index (Phi) is 6.56. The number of benzene rings is 3. The largest absolute Gasteiger partial charge is 0.489 e. The first kappa shape index (κ1) is 23.3. The van der Waals surface area contributed by atoms with Gasteiger partial charge in [0.25, 0.3) is 0 Å². The predicted octanol–water partition coefficient (Wildman–Crippen LogP) is 6.43. The number of alkyl halides is 1. The summed E-state index contributed by atoms with van der Waals surface area (Å²) in [5.74, 6) is 0.357. The minimum Gasteiger partial charge on any atom is -0.489 e. The van der Waals surface area contributed by atoms with Gasteiger partial charge in [0.1, 0.15) is 12.4 Å². The van der Waals surface area contributed by atoms with Crippen LogP contribution in [0.2, 0.25) is 10.0 Å². The van der Waals surface area contributed by atoms with Crippen LogP contribution in [0, 0.1) is 22.7 Å². The van der Waals surface area contributed by atoms with Crippen molar-refractivity contribution < 1.29 is 9.13 Å². The maximum atomic E-state index is 16.7. The van der Waals surface area contributed by atoms with Crippen LogP contribution in [0.3, 0.4) is 0 Å². The van der Waals surface area contributed by atoms with Crippen LogP contribution in [0.5, 0.6) is 5.75 Å². The molecular formula is C26H17Cl2FN4O. The van der Waals surface area contributed by atoms with Crippen LogP contribution in [-0.4, -0.2) is 16.2 Å². The number of hydrogen-bond donors (Lipinski definition) is 0. The van der Waals surface area contributed by atoms with Gasteiger partial charge >= 0.3 is 0 Å². The highest BCUT2D eigenvalue weighted by atomic mass is 35.5. The fourth-order valence-corrected chi connectivity index (χ4v) is 4.22. The third kappa shape index (κ3) is 4.61. The number of ether oxygens (including phenoxy) is 1. The first-order chi connectivity index (χ1) is 16.3. The van der Waals surface area contributed by atoms with Gasteiger partial charge in [-0.1, -0.05) is 35.3 Å². The molecule has 4 rings (SSSR count). The lowest BCUT2D eigenvalue weighted by molar-refractivity contribution is 0.115. The van der Waals surface area contributed by atoms with Crippen molar-refractivity contribution in [2.75, 3.05) is 6.61 Å². The lowest BCUT2D eigenvalue weighted by Gasteiger charge is -2.27. The molecule has 1 heterocycles. The van der Waals surface area contributed by atoms with Gasteiger partial charge in [-0.2, -0.15) is 10.5 Å². The van der Waals surface area contributed by atoms with Crippen molar-refractivity contribution in [1.29, 1.82) is 10.5 Å². The highest BCUT2D eigenvalue weighted by Gasteiger charge is 2.38. The van der Waals surface area contributed by atoms with E-state index in [1.807, 2.05) is 6.07 Å². The van der Waals surface area contributed by atoms with E-state index in [1.165, 1.54) is 12.5 Å². The zero-order valence-corrected chi connectivity index (χ0v) is 19.5. The topological polar surface area (TPSA) is 74.6 Å². The summed E-state index contributed by atoms with van der Waals surface area (Å²) in [4.78, 5) is 4.06. The Hall–Kier alpha value is -3.84. The van der Waals surface area contributed by atoms with E-state index < -0.39 is 5.67 Å². The average molecular weight is 491 g/mol.